The number of amides is 1. The number of methoxy groups -OCH3 is 1. The maximum absolute atomic E-state index is 12.1. The van der Waals surface area contributed by atoms with Crippen LogP contribution in [0.1, 0.15) is 49.1 Å². The highest BCUT2D eigenvalue weighted by Gasteiger charge is 2.21. The van der Waals surface area contributed by atoms with Crippen LogP contribution in [0, 0.1) is 0 Å². The topological polar surface area (TPSA) is 50.4 Å². The average Bonchev–Trinajstić information content (AvgIpc) is 2.52. The van der Waals surface area contributed by atoms with Gasteiger partial charge in [0.15, 0.2) is 0 Å². The van der Waals surface area contributed by atoms with Crippen LogP contribution in [0.4, 0.5) is 0 Å². The number of hydrogen-bond donors (Lipinski definition) is 2. The highest BCUT2D eigenvalue weighted by Crippen LogP contribution is 2.30. The third-order valence-electron chi connectivity index (χ3n) is 4.94. The molecule has 0 bridgehead atoms. The number of ether oxygens (including phenoxy) is 1. The van der Waals surface area contributed by atoms with Crippen LogP contribution in [0.2, 0.25) is 0 Å². The molecule has 0 atom stereocenters. The highest BCUT2D eigenvalue weighted by molar-refractivity contribution is 5.79. The summed E-state index contributed by atoms with van der Waals surface area (Å²) in [5, 5.41) is 6.49. The van der Waals surface area contributed by atoms with Gasteiger partial charge in [0.2, 0.25) is 5.91 Å². The van der Waals surface area contributed by atoms with Crippen molar-refractivity contribution in [1.29, 1.82) is 0 Å². The van der Waals surface area contributed by atoms with Crippen LogP contribution < -0.4 is 15.4 Å². The Balaban J connectivity index is 1.66. The van der Waals surface area contributed by atoms with Crippen LogP contribution in [-0.2, 0) is 11.2 Å². The molecule has 1 aliphatic heterocycles. The van der Waals surface area contributed by atoms with Gasteiger partial charge in [0.25, 0.3) is 0 Å². The van der Waals surface area contributed by atoms with E-state index in [1.54, 1.807) is 7.11 Å². The zero-order valence-corrected chi connectivity index (χ0v) is 13.4. The van der Waals surface area contributed by atoms with Crippen molar-refractivity contribution in [3.63, 3.8) is 0 Å². The molecular formula is C18H26N2O2. The normalized spacial score (nSPS) is 19.5. The number of nitrogens with one attached hydrogen (secondary N) is 2. The molecule has 0 unspecified atom stereocenters. The van der Waals surface area contributed by atoms with Crippen molar-refractivity contribution in [1.82, 2.24) is 10.6 Å². The fourth-order valence-electron chi connectivity index (χ4n) is 3.32. The molecule has 0 radical (unpaired) electrons. The fourth-order valence-corrected chi connectivity index (χ4v) is 3.32. The lowest BCUT2D eigenvalue weighted by Crippen LogP contribution is -2.40. The Morgan fingerprint density at radius 3 is 2.68 bits per heavy atom. The van der Waals surface area contributed by atoms with Crippen LogP contribution in [-0.4, -0.2) is 32.1 Å². The summed E-state index contributed by atoms with van der Waals surface area (Å²) >= 11 is 0. The molecule has 1 aromatic carbocycles. The quantitative estimate of drug-likeness (QED) is 0.878. The third kappa shape index (κ3) is 3.61. The Labute approximate surface area is 132 Å². The van der Waals surface area contributed by atoms with Crippen molar-refractivity contribution < 1.29 is 9.53 Å². The predicted molar refractivity (Wildman–Crippen MR) is 87.3 cm³/mol. The monoisotopic (exact) mass is 302 g/mol. The summed E-state index contributed by atoms with van der Waals surface area (Å²) < 4.78 is 5.53. The van der Waals surface area contributed by atoms with E-state index in [-0.39, 0.29) is 5.91 Å². The number of carbonyl (C=O) groups excluding carboxylic acids is 1. The van der Waals surface area contributed by atoms with Crippen LogP contribution in [0.3, 0.4) is 0 Å². The summed E-state index contributed by atoms with van der Waals surface area (Å²) in [5.74, 6) is 1.56. The Bertz CT molecular complexity index is 520. The molecule has 1 saturated carbocycles. The Kier molecular flexibility index (Phi) is 4.98. The van der Waals surface area contributed by atoms with Gasteiger partial charge in [-0.2, -0.15) is 0 Å². The SMILES string of the molecule is COc1cc(C2CCNCC2)ccc1CC(=O)NC1CCC1. The minimum Gasteiger partial charge on any atom is -0.496 e. The zero-order chi connectivity index (χ0) is 15.4. The molecule has 1 saturated heterocycles. The largest absolute Gasteiger partial charge is 0.496 e. The third-order valence-corrected chi connectivity index (χ3v) is 4.94. The highest BCUT2D eigenvalue weighted by atomic mass is 16.5. The minimum absolute atomic E-state index is 0.109. The molecule has 2 aliphatic rings. The van der Waals surface area contributed by atoms with Gasteiger partial charge in [-0.1, -0.05) is 12.1 Å². The molecule has 120 valence electrons. The standard InChI is InChI=1S/C18H26N2O2/c1-22-17-11-14(13-7-9-19-10-8-13)5-6-15(17)12-18(21)20-16-3-2-4-16/h5-6,11,13,16,19H,2-4,7-10,12H2,1H3,(H,20,21). The van der Waals surface area contributed by atoms with Gasteiger partial charge in [0.05, 0.1) is 13.5 Å². The number of hydrogen-bond acceptors (Lipinski definition) is 3. The molecular weight excluding hydrogens is 276 g/mol. The first kappa shape index (κ1) is 15.3. The summed E-state index contributed by atoms with van der Waals surface area (Å²) in [7, 11) is 1.69. The van der Waals surface area contributed by atoms with Crippen molar-refractivity contribution >= 4 is 5.91 Å². The number of benzene rings is 1. The molecule has 3 rings (SSSR count). The van der Waals surface area contributed by atoms with Gasteiger partial charge in [-0.25, -0.2) is 0 Å². The summed E-state index contributed by atoms with van der Waals surface area (Å²) in [6.07, 6.45) is 6.23. The van der Waals surface area contributed by atoms with Crippen molar-refractivity contribution in [2.24, 2.45) is 0 Å². The maximum Gasteiger partial charge on any atom is 0.224 e. The summed E-state index contributed by atoms with van der Waals surface area (Å²) in [6, 6.07) is 6.76. The van der Waals surface area contributed by atoms with E-state index < -0.39 is 0 Å². The molecule has 1 amide bonds. The Hall–Kier alpha value is -1.55. The number of piperidine rings is 1. The number of carbonyl (C=O) groups is 1. The zero-order valence-electron chi connectivity index (χ0n) is 13.4. The van der Waals surface area contributed by atoms with Crippen LogP contribution in [0.25, 0.3) is 0 Å². The second-order valence-electron chi connectivity index (χ2n) is 6.47. The smallest absolute Gasteiger partial charge is 0.224 e. The van der Waals surface area contributed by atoms with Crippen LogP contribution >= 0.6 is 0 Å². The van der Waals surface area contributed by atoms with Gasteiger partial charge in [-0.15, -0.1) is 0 Å². The molecule has 22 heavy (non-hydrogen) atoms. The molecule has 2 fully saturated rings. The summed E-state index contributed by atoms with van der Waals surface area (Å²) in [4.78, 5) is 12.1. The minimum atomic E-state index is 0.109. The Morgan fingerprint density at radius 1 is 1.27 bits per heavy atom. The second-order valence-corrected chi connectivity index (χ2v) is 6.47. The molecule has 0 aromatic heterocycles. The molecule has 1 aromatic rings. The predicted octanol–water partition coefficient (Wildman–Crippen LogP) is 2.37. The molecule has 1 aliphatic carbocycles. The summed E-state index contributed by atoms with van der Waals surface area (Å²) in [5.41, 5.74) is 2.32. The van der Waals surface area contributed by atoms with E-state index in [9.17, 15) is 4.79 Å². The first-order valence-electron chi connectivity index (χ1n) is 8.43. The van der Waals surface area contributed by atoms with Crippen LogP contribution in [0.5, 0.6) is 5.75 Å². The van der Waals surface area contributed by atoms with E-state index in [4.69, 9.17) is 4.74 Å². The first-order chi connectivity index (χ1) is 10.8. The average molecular weight is 302 g/mol. The molecule has 1 heterocycles. The first-order valence-corrected chi connectivity index (χ1v) is 8.43. The van der Waals surface area contributed by atoms with Gasteiger partial charge in [-0.05, 0) is 62.7 Å². The number of rotatable bonds is 5. The lowest BCUT2D eigenvalue weighted by molar-refractivity contribution is -0.121. The van der Waals surface area contributed by atoms with E-state index in [0.717, 1.165) is 37.2 Å². The maximum atomic E-state index is 12.1. The van der Waals surface area contributed by atoms with E-state index in [1.807, 2.05) is 0 Å². The molecule has 4 heteroatoms. The van der Waals surface area contributed by atoms with Crippen molar-refractivity contribution in [2.45, 2.75) is 50.5 Å². The van der Waals surface area contributed by atoms with Gasteiger partial charge < -0.3 is 15.4 Å². The molecule has 4 nitrogen and oxygen atoms in total. The Morgan fingerprint density at radius 2 is 2.05 bits per heavy atom. The van der Waals surface area contributed by atoms with Crippen LogP contribution in [0.15, 0.2) is 18.2 Å². The molecule has 2 N–H and O–H groups in total. The van der Waals surface area contributed by atoms with Crippen molar-refractivity contribution in [3.05, 3.63) is 29.3 Å². The molecule has 0 spiro atoms. The van der Waals surface area contributed by atoms with Gasteiger partial charge >= 0.3 is 0 Å². The van der Waals surface area contributed by atoms with E-state index in [0.29, 0.717) is 18.4 Å². The summed E-state index contributed by atoms with van der Waals surface area (Å²) in [6.45, 7) is 2.16. The van der Waals surface area contributed by atoms with E-state index in [1.165, 1.54) is 24.8 Å². The van der Waals surface area contributed by atoms with Crippen molar-refractivity contribution in [3.8, 4) is 5.75 Å². The van der Waals surface area contributed by atoms with Gasteiger partial charge in [-0.3, -0.25) is 4.79 Å². The van der Waals surface area contributed by atoms with Gasteiger partial charge in [0.1, 0.15) is 5.75 Å². The van der Waals surface area contributed by atoms with Crippen molar-refractivity contribution in [2.75, 3.05) is 20.2 Å². The fraction of sp³-hybridized carbons (Fsp3) is 0.611. The lowest BCUT2D eigenvalue weighted by Gasteiger charge is -2.26. The lowest BCUT2D eigenvalue weighted by atomic mass is 9.89. The van der Waals surface area contributed by atoms with E-state index >= 15 is 0 Å². The van der Waals surface area contributed by atoms with E-state index in [2.05, 4.69) is 28.8 Å². The second kappa shape index (κ2) is 7.14. The van der Waals surface area contributed by atoms with Gasteiger partial charge in [0, 0.05) is 11.6 Å².